The Labute approximate surface area is 193 Å². The molecule has 0 spiro atoms. The minimum Gasteiger partial charge on any atom is -0.368 e. The lowest BCUT2D eigenvalue weighted by Gasteiger charge is -2.26. The van der Waals surface area contributed by atoms with Crippen molar-refractivity contribution < 1.29 is 23.8 Å². The van der Waals surface area contributed by atoms with Crippen molar-refractivity contribution in [3.05, 3.63) is 76.9 Å². The van der Waals surface area contributed by atoms with E-state index in [0.717, 1.165) is 17.5 Å². The minimum atomic E-state index is -1.43. The molecular formula is C24H32F2N4O3. The Balaban J connectivity index is 0.000000380. The topological polar surface area (TPSA) is 102 Å². The number of H-pyrrole nitrogens is 1. The number of carbonyl (C=O) groups is 1. The summed E-state index contributed by atoms with van der Waals surface area (Å²) in [6, 6.07) is 6.31. The van der Waals surface area contributed by atoms with E-state index in [-0.39, 0.29) is 12.3 Å². The van der Waals surface area contributed by atoms with E-state index in [1.165, 1.54) is 18.2 Å². The summed E-state index contributed by atoms with van der Waals surface area (Å²) in [5.41, 5.74) is 3.50. The molecule has 2 aromatic heterocycles. The second kappa shape index (κ2) is 14.1. The van der Waals surface area contributed by atoms with Crippen molar-refractivity contribution >= 4 is 11.6 Å². The molecule has 0 aliphatic carbocycles. The average Bonchev–Trinajstić information content (AvgIpc) is 3.18. The van der Waals surface area contributed by atoms with Crippen molar-refractivity contribution in [3.63, 3.8) is 0 Å². The lowest BCUT2D eigenvalue weighted by atomic mass is 10.0. The van der Waals surface area contributed by atoms with Gasteiger partial charge < -0.3 is 15.1 Å². The van der Waals surface area contributed by atoms with Crippen LogP contribution >= 0.6 is 0 Å². The number of hydrogen-bond acceptors (Lipinski definition) is 5. The third-order valence-electron chi connectivity index (χ3n) is 4.35. The summed E-state index contributed by atoms with van der Waals surface area (Å²) >= 11 is 0. The Morgan fingerprint density at radius 3 is 2.27 bits per heavy atom. The van der Waals surface area contributed by atoms with Crippen LogP contribution in [0.3, 0.4) is 0 Å². The number of nitrogens with zero attached hydrogens (tertiary/aromatic N) is 3. The second-order valence-electron chi connectivity index (χ2n) is 6.55. The van der Waals surface area contributed by atoms with Gasteiger partial charge in [-0.05, 0) is 30.7 Å². The first-order valence-electron chi connectivity index (χ1n) is 10.9. The maximum absolute atomic E-state index is 12.6. The van der Waals surface area contributed by atoms with Gasteiger partial charge in [0.2, 0.25) is 0 Å². The van der Waals surface area contributed by atoms with Gasteiger partial charge in [-0.25, -0.2) is 8.78 Å². The monoisotopic (exact) mass is 462 g/mol. The van der Waals surface area contributed by atoms with Crippen molar-refractivity contribution in [1.82, 2.24) is 15.2 Å². The molecule has 3 aromatic rings. The molecule has 1 aliphatic rings. The smallest absolute Gasteiger partial charge is 0.262 e. The molecule has 1 aliphatic heterocycles. The fourth-order valence-corrected chi connectivity index (χ4v) is 3.05. The maximum Gasteiger partial charge on any atom is 0.262 e. The van der Waals surface area contributed by atoms with Gasteiger partial charge in [-0.3, -0.25) is 14.9 Å². The van der Waals surface area contributed by atoms with Crippen LogP contribution in [0, 0.1) is 18.6 Å². The van der Waals surface area contributed by atoms with E-state index < -0.39 is 17.9 Å². The molecule has 0 saturated heterocycles. The molecule has 0 saturated carbocycles. The highest BCUT2D eigenvalue weighted by atomic mass is 19.1. The molecular weight excluding hydrogens is 430 g/mol. The highest BCUT2D eigenvalue weighted by Crippen LogP contribution is 2.25. The Kier molecular flexibility index (Phi) is 11.9. The fraction of sp³-hybridized carbons (Fsp3) is 0.375. The molecule has 0 unspecified atom stereocenters. The van der Waals surface area contributed by atoms with Crippen molar-refractivity contribution in [2.24, 2.45) is 0 Å². The van der Waals surface area contributed by atoms with Gasteiger partial charge in [0.15, 0.2) is 6.29 Å². The first kappa shape index (κ1) is 27.9. The van der Waals surface area contributed by atoms with Gasteiger partial charge in [0.05, 0.1) is 23.1 Å². The summed E-state index contributed by atoms with van der Waals surface area (Å²) in [7, 11) is 0. The number of anilines is 1. The molecule has 4 rings (SSSR count). The molecule has 9 heteroatoms. The van der Waals surface area contributed by atoms with E-state index >= 15 is 0 Å². The van der Waals surface area contributed by atoms with Crippen molar-refractivity contribution in [3.8, 4) is 0 Å². The van der Waals surface area contributed by atoms with E-state index in [2.05, 4.69) is 15.2 Å². The average molecular weight is 463 g/mol. The van der Waals surface area contributed by atoms with Crippen LogP contribution in [0.5, 0.6) is 0 Å². The Bertz CT molecular complexity index is 992. The Hall–Kier alpha value is -3.17. The van der Waals surface area contributed by atoms with E-state index in [1.807, 2.05) is 34.6 Å². The molecule has 180 valence electrons. The normalized spacial score (nSPS) is 11.9. The van der Waals surface area contributed by atoms with Crippen LogP contribution in [-0.2, 0) is 12.8 Å². The van der Waals surface area contributed by atoms with Crippen molar-refractivity contribution in [1.29, 1.82) is 0 Å². The number of hydrogen-bond donors (Lipinski definition) is 3. The van der Waals surface area contributed by atoms with Gasteiger partial charge in [0.1, 0.15) is 11.6 Å². The minimum absolute atomic E-state index is 0.0822. The molecule has 3 heterocycles. The highest BCUT2D eigenvalue weighted by Gasteiger charge is 2.29. The number of amides is 1. The number of carbonyl (C=O) groups excluding carboxylic acids is 1. The summed E-state index contributed by atoms with van der Waals surface area (Å²) in [6.45, 7) is 10.4. The predicted molar refractivity (Wildman–Crippen MR) is 124 cm³/mol. The van der Waals surface area contributed by atoms with Crippen LogP contribution in [0.2, 0.25) is 0 Å². The Morgan fingerprint density at radius 1 is 1.09 bits per heavy atom. The lowest BCUT2D eigenvalue weighted by Crippen LogP contribution is -2.37. The van der Waals surface area contributed by atoms with Gasteiger partial charge in [-0.1, -0.05) is 33.8 Å². The summed E-state index contributed by atoms with van der Waals surface area (Å²) < 4.78 is 23.9. The third kappa shape index (κ3) is 8.03. The first-order valence-corrected chi connectivity index (χ1v) is 10.9. The van der Waals surface area contributed by atoms with Gasteiger partial charge in [0, 0.05) is 37.3 Å². The van der Waals surface area contributed by atoms with E-state index in [0.29, 0.717) is 29.8 Å². The van der Waals surface area contributed by atoms with Crippen LogP contribution in [0.4, 0.5) is 14.5 Å². The number of aromatic amines is 1. The maximum atomic E-state index is 12.6. The van der Waals surface area contributed by atoms with Crippen LogP contribution in [0.25, 0.3) is 0 Å². The zero-order valence-corrected chi connectivity index (χ0v) is 19.6. The van der Waals surface area contributed by atoms with Crippen LogP contribution in [0.1, 0.15) is 55.0 Å². The summed E-state index contributed by atoms with van der Waals surface area (Å²) in [4.78, 5) is 18.3. The number of aromatic nitrogens is 3. The largest absolute Gasteiger partial charge is 0.368 e. The van der Waals surface area contributed by atoms with Crippen molar-refractivity contribution in [2.75, 3.05) is 11.4 Å². The molecule has 0 radical (unpaired) electrons. The number of fused-ring (bicyclic) bond motifs is 1. The van der Waals surface area contributed by atoms with Gasteiger partial charge >= 0.3 is 0 Å². The highest BCUT2D eigenvalue weighted by molar-refractivity contribution is 6.08. The Morgan fingerprint density at radius 2 is 1.73 bits per heavy atom. The lowest BCUT2D eigenvalue weighted by molar-refractivity contribution is -0.0382. The molecule has 3 N–H and O–H groups in total. The molecule has 0 bridgehead atoms. The molecule has 0 atom stereocenters. The van der Waals surface area contributed by atoms with Crippen molar-refractivity contribution in [2.45, 2.75) is 53.8 Å². The standard InChI is InChI=1S/C14H16N4O3.C6H4F2.2C2H6/c1-8-13-11(17-16-8)2-3-18(14(13)21)10-4-9(5-12(19)20)6-15-7-10;7-5-2-1-3-6(8)4-5;2*1-2/h4,6-7,12,19-20H,2-3,5H2,1H3,(H,16,17);1-4H;2*1-2H3. The number of pyridine rings is 1. The number of aliphatic hydroxyl groups excluding tert-OH is 1. The predicted octanol–water partition coefficient (Wildman–Crippen LogP) is 4.19. The van der Waals surface area contributed by atoms with E-state index in [1.54, 1.807) is 23.4 Å². The quantitative estimate of drug-likeness (QED) is 0.507. The van der Waals surface area contributed by atoms with Crippen LogP contribution in [-0.4, -0.2) is 44.1 Å². The third-order valence-corrected chi connectivity index (χ3v) is 4.35. The number of benzene rings is 1. The molecule has 1 amide bonds. The number of halogens is 2. The number of nitrogens with one attached hydrogen (secondary N) is 1. The van der Waals surface area contributed by atoms with Gasteiger partial charge in [-0.15, -0.1) is 0 Å². The van der Waals surface area contributed by atoms with Gasteiger partial charge in [-0.2, -0.15) is 5.10 Å². The first-order chi connectivity index (χ1) is 15.8. The van der Waals surface area contributed by atoms with Crippen LogP contribution < -0.4 is 4.90 Å². The second-order valence-corrected chi connectivity index (χ2v) is 6.55. The van der Waals surface area contributed by atoms with Gasteiger partial charge in [0.25, 0.3) is 5.91 Å². The molecule has 33 heavy (non-hydrogen) atoms. The SMILES string of the molecule is CC.CC.Cc1[nH]nc2c1C(=O)N(c1cncc(CC(O)O)c1)CC2.Fc1cccc(F)c1. The van der Waals surface area contributed by atoms with Crippen LogP contribution in [0.15, 0.2) is 42.7 Å². The summed E-state index contributed by atoms with van der Waals surface area (Å²) in [5, 5.41) is 25.0. The fourth-order valence-electron chi connectivity index (χ4n) is 3.05. The zero-order valence-electron chi connectivity index (χ0n) is 19.6. The number of aryl methyl sites for hydroxylation is 1. The summed E-state index contributed by atoms with van der Waals surface area (Å²) in [6.07, 6.45) is 2.50. The van der Waals surface area contributed by atoms with E-state index in [9.17, 15) is 13.6 Å². The summed E-state index contributed by atoms with van der Waals surface area (Å²) in [5.74, 6) is -1.18. The molecule has 0 fully saturated rings. The van der Waals surface area contributed by atoms with E-state index in [4.69, 9.17) is 10.2 Å². The molecule has 7 nitrogen and oxygen atoms in total. The number of rotatable bonds is 3. The molecule has 1 aromatic carbocycles. The number of aliphatic hydroxyl groups is 2. The zero-order chi connectivity index (χ0) is 25.0.